The quantitative estimate of drug-likeness (QED) is 0.443. The number of ether oxygens (including phenoxy) is 2. The zero-order valence-corrected chi connectivity index (χ0v) is 19.3. The highest BCUT2D eigenvalue weighted by molar-refractivity contribution is 6.02. The molecule has 1 aliphatic heterocycles. The van der Waals surface area contributed by atoms with Crippen LogP contribution in [0.5, 0.6) is 5.75 Å². The molecule has 0 atom stereocenters. The van der Waals surface area contributed by atoms with Crippen molar-refractivity contribution in [2.24, 2.45) is 0 Å². The molecule has 8 heteroatoms. The Morgan fingerprint density at radius 3 is 2.44 bits per heavy atom. The number of benzene rings is 2. The molecule has 0 saturated carbocycles. The van der Waals surface area contributed by atoms with Crippen LogP contribution in [0.1, 0.15) is 6.92 Å². The second kappa shape index (κ2) is 9.43. The fourth-order valence-corrected chi connectivity index (χ4v) is 4.45. The molecule has 34 heavy (non-hydrogen) atoms. The number of piperazine rings is 1. The molecule has 0 unspecified atom stereocenters. The minimum atomic E-state index is -0.262. The van der Waals surface area contributed by atoms with Crippen LogP contribution in [0.25, 0.3) is 27.8 Å². The number of hydrogen-bond acceptors (Lipinski definition) is 6. The Labute approximate surface area is 198 Å². The van der Waals surface area contributed by atoms with Gasteiger partial charge in [-0.15, -0.1) is 0 Å². The molecule has 0 radical (unpaired) electrons. The third-order valence-corrected chi connectivity index (χ3v) is 6.10. The maximum atomic E-state index is 12.2. The Morgan fingerprint density at radius 1 is 0.971 bits per heavy atom. The van der Waals surface area contributed by atoms with Gasteiger partial charge >= 0.3 is 6.09 Å². The molecule has 1 fully saturated rings. The van der Waals surface area contributed by atoms with Crippen molar-refractivity contribution in [2.45, 2.75) is 6.92 Å². The SMILES string of the molecule is CCOC(=O)N1CCN(c2ncnc3c2c(-c2ccccc2)cn3-c2ccccc2OC)CC1. The largest absolute Gasteiger partial charge is 0.495 e. The van der Waals surface area contributed by atoms with E-state index in [0.717, 1.165) is 39.4 Å². The average molecular weight is 458 g/mol. The molecule has 174 valence electrons. The standard InChI is InChI=1S/C26H27N5O3/c1-3-34-26(32)30-15-13-29(14-16-30)24-23-20(19-9-5-4-6-10-19)17-31(25(23)28-18-27-24)21-11-7-8-12-22(21)33-2/h4-12,17-18H,3,13-16H2,1-2H3. The van der Waals surface area contributed by atoms with E-state index in [1.54, 1.807) is 18.3 Å². The van der Waals surface area contributed by atoms with Crippen LogP contribution in [0.4, 0.5) is 10.6 Å². The summed E-state index contributed by atoms with van der Waals surface area (Å²) in [6.45, 7) is 4.69. The number of para-hydroxylation sites is 2. The second-order valence-corrected chi connectivity index (χ2v) is 8.02. The highest BCUT2D eigenvalue weighted by Gasteiger charge is 2.26. The van der Waals surface area contributed by atoms with Gasteiger partial charge in [-0.05, 0) is 24.6 Å². The molecule has 8 nitrogen and oxygen atoms in total. The van der Waals surface area contributed by atoms with Gasteiger partial charge in [0.1, 0.15) is 17.9 Å². The van der Waals surface area contributed by atoms with Crippen molar-refractivity contribution in [3.63, 3.8) is 0 Å². The zero-order chi connectivity index (χ0) is 23.5. The van der Waals surface area contributed by atoms with Crippen molar-refractivity contribution in [3.8, 4) is 22.6 Å². The van der Waals surface area contributed by atoms with E-state index < -0.39 is 0 Å². The van der Waals surface area contributed by atoms with Gasteiger partial charge in [-0.2, -0.15) is 0 Å². The van der Waals surface area contributed by atoms with Gasteiger partial charge in [0.05, 0.1) is 24.8 Å². The number of carbonyl (C=O) groups excluding carboxylic acids is 1. The number of aromatic nitrogens is 3. The van der Waals surface area contributed by atoms with Crippen molar-refractivity contribution in [2.75, 3.05) is 44.8 Å². The molecule has 5 rings (SSSR count). The summed E-state index contributed by atoms with van der Waals surface area (Å²) >= 11 is 0. The Morgan fingerprint density at radius 2 is 1.71 bits per heavy atom. The van der Waals surface area contributed by atoms with Crippen LogP contribution in [0.2, 0.25) is 0 Å². The summed E-state index contributed by atoms with van der Waals surface area (Å²) in [4.78, 5) is 25.5. The lowest BCUT2D eigenvalue weighted by atomic mass is 10.1. The molecule has 1 saturated heterocycles. The van der Waals surface area contributed by atoms with Gasteiger partial charge in [0.15, 0.2) is 5.65 Å². The number of nitrogens with zero attached hydrogens (tertiary/aromatic N) is 5. The van der Waals surface area contributed by atoms with Gasteiger partial charge < -0.3 is 19.3 Å². The molecule has 4 aromatic rings. The first-order chi connectivity index (χ1) is 16.7. The molecule has 0 bridgehead atoms. The normalized spacial score (nSPS) is 13.8. The van der Waals surface area contributed by atoms with E-state index in [1.165, 1.54) is 0 Å². The van der Waals surface area contributed by atoms with Gasteiger partial charge in [-0.3, -0.25) is 4.57 Å². The first kappa shape index (κ1) is 21.8. The topological polar surface area (TPSA) is 72.7 Å². The summed E-state index contributed by atoms with van der Waals surface area (Å²) in [6.07, 6.45) is 3.45. The number of carbonyl (C=O) groups is 1. The van der Waals surface area contributed by atoms with Crippen LogP contribution >= 0.6 is 0 Å². The van der Waals surface area contributed by atoms with Crippen LogP contribution < -0.4 is 9.64 Å². The second-order valence-electron chi connectivity index (χ2n) is 8.02. The number of rotatable bonds is 5. The van der Waals surface area contributed by atoms with E-state index in [0.29, 0.717) is 32.8 Å². The van der Waals surface area contributed by atoms with Crippen molar-refractivity contribution >= 4 is 22.9 Å². The highest BCUT2D eigenvalue weighted by Crippen LogP contribution is 2.38. The Bertz CT molecular complexity index is 1300. The van der Waals surface area contributed by atoms with E-state index in [2.05, 4.69) is 32.8 Å². The van der Waals surface area contributed by atoms with Gasteiger partial charge in [0.25, 0.3) is 0 Å². The van der Waals surface area contributed by atoms with Gasteiger partial charge in [-0.1, -0.05) is 42.5 Å². The van der Waals surface area contributed by atoms with Crippen LogP contribution in [-0.4, -0.2) is 65.4 Å². The van der Waals surface area contributed by atoms with Gasteiger partial charge in [0, 0.05) is 37.9 Å². The van der Waals surface area contributed by atoms with Crippen molar-refractivity contribution in [1.82, 2.24) is 19.4 Å². The minimum absolute atomic E-state index is 0.262. The Hall–Kier alpha value is -4.07. The van der Waals surface area contributed by atoms with Crippen molar-refractivity contribution in [3.05, 3.63) is 67.1 Å². The van der Waals surface area contributed by atoms with E-state index in [1.807, 2.05) is 49.4 Å². The molecule has 0 N–H and O–H groups in total. The van der Waals surface area contributed by atoms with Crippen LogP contribution in [0, 0.1) is 0 Å². The first-order valence-corrected chi connectivity index (χ1v) is 11.4. The molecule has 2 aromatic heterocycles. The number of fused-ring (bicyclic) bond motifs is 1. The van der Waals surface area contributed by atoms with Crippen LogP contribution in [0.3, 0.4) is 0 Å². The third kappa shape index (κ3) is 3.91. The Kier molecular flexibility index (Phi) is 6.03. The summed E-state index contributed by atoms with van der Waals surface area (Å²) in [5.74, 6) is 1.63. The van der Waals surface area contributed by atoms with Crippen molar-refractivity contribution < 1.29 is 14.3 Å². The number of hydrogen-bond donors (Lipinski definition) is 0. The minimum Gasteiger partial charge on any atom is -0.495 e. The Balaban J connectivity index is 1.62. The molecule has 2 aromatic carbocycles. The predicted molar refractivity (Wildman–Crippen MR) is 132 cm³/mol. The van der Waals surface area contributed by atoms with Crippen molar-refractivity contribution in [1.29, 1.82) is 0 Å². The smallest absolute Gasteiger partial charge is 0.409 e. The molecule has 1 aliphatic rings. The molecular weight excluding hydrogens is 430 g/mol. The highest BCUT2D eigenvalue weighted by atomic mass is 16.6. The van der Waals surface area contributed by atoms with Crippen LogP contribution in [0.15, 0.2) is 67.1 Å². The lowest BCUT2D eigenvalue weighted by Gasteiger charge is -2.35. The number of anilines is 1. The van der Waals surface area contributed by atoms with E-state index in [4.69, 9.17) is 14.5 Å². The molecule has 1 amide bonds. The summed E-state index contributed by atoms with van der Waals surface area (Å²) < 4.78 is 12.9. The lowest BCUT2D eigenvalue weighted by Crippen LogP contribution is -2.49. The maximum absolute atomic E-state index is 12.2. The number of amides is 1. The monoisotopic (exact) mass is 457 g/mol. The molecular formula is C26H27N5O3. The maximum Gasteiger partial charge on any atom is 0.409 e. The lowest BCUT2D eigenvalue weighted by molar-refractivity contribution is 0.105. The van der Waals surface area contributed by atoms with E-state index >= 15 is 0 Å². The summed E-state index contributed by atoms with van der Waals surface area (Å²) in [7, 11) is 1.67. The summed E-state index contributed by atoms with van der Waals surface area (Å²) in [5, 5.41) is 0.976. The van der Waals surface area contributed by atoms with Gasteiger partial charge in [0.2, 0.25) is 0 Å². The molecule has 0 spiro atoms. The van der Waals surface area contributed by atoms with Crippen LogP contribution in [-0.2, 0) is 4.74 Å². The molecule has 0 aliphatic carbocycles. The van der Waals surface area contributed by atoms with E-state index in [-0.39, 0.29) is 6.09 Å². The summed E-state index contributed by atoms with van der Waals surface area (Å²) in [6, 6.07) is 18.2. The van der Waals surface area contributed by atoms with Gasteiger partial charge in [-0.25, -0.2) is 14.8 Å². The average Bonchev–Trinajstić information content (AvgIpc) is 3.29. The fourth-order valence-electron chi connectivity index (χ4n) is 4.45. The molecule has 3 heterocycles. The third-order valence-electron chi connectivity index (χ3n) is 6.10. The van der Waals surface area contributed by atoms with E-state index in [9.17, 15) is 4.79 Å². The zero-order valence-electron chi connectivity index (χ0n) is 19.3. The fraction of sp³-hybridized carbons (Fsp3) is 0.269. The number of methoxy groups -OCH3 is 1. The summed E-state index contributed by atoms with van der Waals surface area (Å²) in [5.41, 5.74) is 3.85. The first-order valence-electron chi connectivity index (χ1n) is 11.4. The predicted octanol–water partition coefficient (Wildman–Crippen LogP) is 4.37.